The molecule has 1 fully saturated rings. The van der Waals surface area contributed by atoms with Crippen LogP contribution >= 0.6 is 0 Å². The molecule has 2 aliphatic rings. The molecule has 1 saturated carbocycles. The van der Waals surface area contributed by atoms with Crippen LogP contribution in [0.3, 0.4) is 0 Å². The van der Waals surface area contributed by atoms with Crippen molar-refractivity contribution in [3.8, 4) is 11.9 Å². The number of nitriles is 1. The van der Waals surface area contributed by atoms with Crippen LogP contribution in [0.4, 0.5) is 0 Å². The summed E-state index contributed by atoms with van der Waals surface area (Å²) in [5.74, 6) is 1.56. The maximum absolute atomic E-state index is 12.6. The third-order valence-electron chi connectivity index (χ3n) is 4.56. The topological polar surface area (TPSA) is 83.6 Å². The fourth-order valence-electron chi connectivity index (χ4n) is 3.48. The molecule has 0 saturated heterocycles. The van der Waals surface area contributed by atoms with Gasteiger partial charge in [-0.1, -0.05) is 0 Å². The smallest absolute Gasteiger partial charge is 0.272 e. The Hall–Kier alpha value is -2.68. The number of nitrogens with zero attached hydrogens (tertiary/aromatic N) is 4. The Labute approximate surface area is 140 Å². The van der Waals surface area contributed by atoms with Crippen molar-refractivity contribution >= 4 is 5.91 Å². The summed E-state index contributed by atoms with van der Waals surface area (Å²) in [7, 11) is 0. The quantitative estimate of drug-likeness (QED) is 0.920. The van der Waals surface area contributed by atoms with Gasteiger partial charge in [0.1, 0.15) is 0 Å². The molecule has 2 atom stereocenters. The molecule has 0 bridgehead atoms. The third-order valence-corrected chi connectivity index (χ3v) is 4.56. The first-order valence-corrected chi connectivity index (χ1v) is 8.18. The molecule has 2 aliphatic carbocycles. The largest absolute Gasteiger partial charge is 0.346 e. The Morgan fingerprint density at radius 3 is 2.96 bits per heavy atom. The summed E-state index contributed by atoms with van der Waals surface area (Å²) < 4.78 is 1.77. The number of amides is 1. The molecule has 0 spiro atoms. The number of rotatable bonds is 2. The van der Waals surface area contributed by atoms with E-state index < -0.39 is 0 Å². The minimum atomic E-state index is -0.311. The van der Waals surface area contributed by atoms with Gasteiger partial charge in [0.2, 0.25) is 0 Å². The van der Waals surface area contributed by atoms with Gasteiger partial charge in [0.05, 0.1) is 17.3 Å². The number of pyridine rings is 1. The van der Waals surface area contributed by atoms with Gasteiger partial charge in [-0.05, 0) is 45.6 Å². The van der Waals surface area contributed by atoms with Gasteiger partial charge in [-0.15, -0.1) is 0 Å². The van der Waals surface area contributed by atoms with Crippen LogP contribution in [-0.2, 0) is 6.42 Å². The first kappa shape index (κ1) is 14.9. The Morgan fingerprint density at radius 1 is 1.46 bits per heavy atom. The van der Waals surface area contributed by atoms with Crippen LogP contribution in [0.25, 0.3) is 5.82 Å². The Morgan fingerprint density at radius 2 is 2.25 bits per heavy atom. The molecule has 122 valence electrons. The standard InChI is InChI=1S/C18H19N5O/c1-18(2,3)21-17(24)15-13-8-11-7-12(11)16(13)23(22-15)14-6-10(9-19)4-5-20-14/h4-6,11-12H,7-8H2,1-3H3,(H,21,24)/t11-,12-/m1/s1. The minimum Gasteiger partial charge on any atom is -0.346 e. The molecule has 0 aliphatic heterocycles. The van der Waals surface area contributed by atoms with Crippen molar-refractivity contribution in [2.75, 3.05) is 0 Å². The number of fused-ring (bicyclic) bond motifs is 3. The third kappa shape index (κ3) is 2.37. The van der Waals surface area contributed by atoms with Crippen LogP contribution in [0.5, 0.6) is 0 Å². The van der Waals surface area contributed by atoms with Crippen molar-refractivity contribution in [3.63, 3.8) is 0 Å². The average molecular weight is 321 g/mol. The van der Waals surface area contributed by atoms with Gasteiger partial charge in [0, 0.05) is 29.3 Å². The highest BCUT2D eigenvalue weighted by molar-refractivity contribution is 5.95. The summed E-state index contributed by atoms with van der Waals surface area (Å²) in [5.41, 5.74) is 2.87. The van der Waals surface area contributed by atoms with Crippen LogP contribution in [0.1, 0.15) is 60.4 Å². The lowest BCUT2D eigenvalue weighted by molar-refractivity contribution is 0.0913. The van der Waals surface area contributed by atoms with E-state index >= 15 is 0 Å². The highest BCUT2D eigenvalue weighted by Crippen LogP contribution is 2.57. The molecule has 0 radical (unpaired) electrons. The normalized spacial score (nSPS) is 20.9. The minimum absolute atomic E-state index is 0.143. The van der Waals surface area contributed by atoms with Crippen LogP contribution < -0.4 is 5.32 Å². The van der Waals surface area contributed by atoms with E-state index in [0.29, 0.717) is 28.9 Å². The second-order valence-corrected chi connectivity index (χ2v) is 7.65. The summed E-state index contributed by atoms with van der Waals surface area (Å²) in [6, 6.07) is 5.51. The number of aromatic nitrogens is 3. The molecular weight excluding hydrogens is 302 g/mol. The second kappa shape index (κ2) is 4.91. The van der Waals surface area contributed by atoms with Gasteiger partial charge in [-0.2, -0.15) is 10.4 Å². The van der Waals surface area contributed by atoms with E-state index in [9.17, 15) is 4.79 Å². The van der Waals surface area contributed by atoms with E-state index in [0.717, 1.165) is 24.1 Å². The van der Waals surface area contributed by atoms with Gasteiger partial charge < -0.3 is 5.32 Å². The van der Waals surface area contributed by atoms with Crippen molar-refractivity contribution in [2.24, 2.45) is 5.92 Å². The van der Waals surface area contributed by atoms with E-state index in [-0.39, 0.29) is 11.4 Å². The summed E-state index contributed by atoms with van der Waals surface area (Å²) in [4.78, 5) is 17.0. The molecule has 2 heterocycles. The number of carbonyl (C=O) groups excluding carboxylic acids is 1. The van der Waals surface area contributed by atoms with Crippen molar-refractivity contribution < 1.29 is 4.79 Å². The van der Waals surface area contributed by atoms with Gasteiger partial charge in [0.15, 0.2) is 11.5 Å². The molecule has 4 rings (SSSR count). The van der Waals surface area contributed by atoms with E-state index in [4.69, 9.17) is 5.26 Å². The fourth-order valence-corrected chi connectivity index (χ4v) is 3.48. The molecule has 6 heteroatoms. The maximum atomic E-state index is 12.6. The molecule has 2 aromatic rings. The first-order valence-electron chi connectivity index (χ1n) is 8.18. The van der Waals surface area contributed by atoms with Crippen molar-refractivity contribution in [2.45, 2.75) is 45.1 Å². The summed E-state index contributed by atoms with van der Waals surface area (Å²) in [6.45, 7) is 5.87. The zero-order valence-electron chi connectivity index (χ0n) is 14.0. The predicted molar refractivity (Wildman–Crippen MR) is 87.8 cm³/mol. The summed E-state index contributed by atoms with van der Waals surface area (Å²) in [5, 5.41) is 16.7. The molecule has 0 unspecified atom stereocenters. The molecule has 1 amide bonds. The molecule has 1 N–H and O–H groups in total. The number of carbonyl (C=O) groups is 1. The first-order chi connectivity index (χ1) is 11.4. The maximum Gasteiger partial charge on any atom is 0.272 e. The van der Waals surface area contributed by atoms with Crippen molar-refractivity contribution in [1.82, 2.24) is 20.1 Å². The van der Waals surface area contributed by atoms with Crippen LogP contribution in [-0.4, -0.2) is 26.2 Å². The molecular formula is C18H19N5O. The number of nitrogens with one attached hydrogen (secondary N) is 1. The Balaban J connectivity index is 1.80. The van der Waals surface area contributed by atoms with E-state index in [1.807, 2.05) is 20.8 Å². The van der Waals surface area contributed by atoms with Gasteiger partial charge in [0.25, 0.3) is 5.91 Å². The SMILES string of the molecule is CC(C)(C)NC(=O)c1nn(-c2cc(C#N)ccn2)c2c1C[C@H]1C[C@@H]21. The lowest BCUT2D eigenvalue weighted by Crippen LogP contribution is -2.41. The molecule has 2 aromatic heterocycles. The van der Waals surface area contributed by atoms with Gasteiger partial charge >= 0.3 is 0 Å². The number of hydrogen-bond donors (Lipinski definition) is 1. The van der Waals surface area contributed by atoms with Crippen LogP contribution in [0.15, 0.2) is 18.3 Å². The van der Waals surface area contributed by atoms with Gasteiger partial charge in [-0.3, -0.25) is 4.79 Å². The second-order valence-electron chi connectivity index (χ2n) is 7.65. The molecule has 0 aromatic carbocycles. The van der Waals surface area contributed by atoms with E-state index in [1.54, 1.807) is 23.0 Å². The zero-order valence-corrected chi connectivity index (χ0v) is 14.0. The fraction of sp³-hybridized carbons (Fsp3) is 0.444. The number of hydrogen-bond acceptors (Lipinski definition) is 4. The van der Waals surface area contributed by atoms with E-state index in [1.165, 1.54) is 0 Å². The Bertz CT molecular complexity index is 884. The summed E-state index contributed by atoms with van der Waals surface area (Å²) in [6.07, 6.45) is 3.66. The van der Waals surface area contributed by atoms with Crippen LogP contribution in [0.2, 0.25) is 0 Å². The highest BCUT2D eigenvalue weighted by Gasteiger charge is 2.50. The lowest BCUT2D eigenvalue weighted by Gasteiger charge is -2.19. The van der Waals surface area contributed by atoms with Gasteiger partial charge in [-0.25, -0.2) is 9.67 Å². The zero-order chi connectivity index (χ0) is 17.1. The van der Waals surface area contributed by atoms with Crippen molar-refractivity contribution in [1.29, 1.82) is 5.26 Å². The van der Waals surface area contributed by atoms with Crippen LogP contribution in [0, 0.1) is 17.2 Å². The Kier molecular flexibility index (Phi) is 3.04. The highest BCUT2D eigenvalue weighted by atomic mass is 16.2. The monoisotopic (exact) mass is 321 g/mol. The van der Waals surface area contributed by atoms with E-state index in [2.05, 4.69) is 21.5 Å². The molecule has 6 nitrogen and oxygen atoms in total. The van der Waals surface area contributed by atoms with Crippen molar-refractivity contribution in [3.05, 3.63) is 40.8 Å². The molecule has 24 heavy (non-hydrogen) atoms. The predicted octanol–water partition coefficient (Wildman–Crippen LogP) is 2.33. The lowest BCUT2D eigenvalue weighted by atomic mass is 10.1. The average Bonchev–Trinajstić information content (AvgIpc) is 3.02. The summed E-state index contributed by atoms with van der Waals surface area (Å²) >= 11 is 0.